The van der Waals surface area contributed by atoms with Crippen LogP contribution >= 0.6 is 0 Å². The number of nitrogen functional groups attached to an aromatic ring is 1. The molecule has 0 aliphatic rings. The molecule has 2 aromatic rings. The van der Waals surface area contributed by atoms with Crippen LogP contribution in [0.1, 0.15) is 6.42 Å². The summed E-state index contributed by atoms with van der Waals surface area (Å²) in [5.41, 5.74) is 6.33. The van der Waals surface area contributed by atoms with E-state index in [9.17, 15) is 10.1 Å². The van der Waals surface area contributed by atoms with E-state index in [4.69, 9.17) is 15.2 Å². The van der Waals surface area contributed by atoms with Crippen molar-refractivity contribution < 1.29 is 14.4 Å². The molecule has 0 spiro atoms. The summed E-state index contributed by atoms with van der Waals surface area (Å²) in [6.07, 6.45) is 0.710. The summed E-state index contributed by atoms with van der Waals surface area (Å²) in [6, 6.07) is 13.2. The average molecular weight is 288 g/mol. The summed E-state index contributed by atoms with van der Waals surface area (Å²) in [4.78, 5) is 10.1. The molecule has 110 valence electrons. The molecule has 21 heavy (non-hydrogen) atoms. The quantitative estimate of drug-likeness (QED) is 0.366. The van der Waals surface area contributed by atoms with Gasteiger partial charge in [0.15, 0.2) is 0 Å². The number of nitrogens with zero attached hydrogens (tertiary/aromatic N) is 1. The van der Waals surface area contributed by atoms with Crippen molar-refractivity contribution in [2.45, 2.75) is 6.42 Å². The van der Waals surface area contributed by atoms with Crippen molar-refractivity contribution in [3.8, 4) is 11.5 Å². The highest BCUT2D eigenvalue weighted by Gasteiger charge is 2.04. The smallest absolute Gasteiger partial charge is 0.269 e. The van der Waals surface area contributed by atoms with Crippen LogP contribution < -0.4 is 15.2 Å². The number of nitro benzene ring substituents is 1. The monoisotopic (exact) mass is 288 g/mol. The van der Waals surface area contributed by atoms with Gasteiger partial charge >= 0.3 is 0 Å². The van der Waals surface area contributed by atoms with Crippen LogP contribution in [0.4, 0.5) is 11.4 Å². The number of ether oxygens (including phenoxy) is 2. The first-order valence-corrected chi connectivity index (χ1v) is 6.51. The maximum absolute atomic E-state index is 10.5. The van der Waals surface area contributed by atoms with Gasteiger partial charge in [0.1, 0.15) is 11.5 Å². The molecule has 0 bridgehead atoms. The standard InChI is InChI=1S/C15H16N2O4/c16-12-2-6-14(7-3-12)20-10-1-11-21-15-8-4-13(5-9-15)17(18)19/h2-9H,1,10-11,16H2. The number of benzene rings is 2. The summed E-state index contributed by atoms with van der Waals surface area (Å²) in [7, 11) is 0. The summed E-state index contributed by atoms with van der Waals surface area (Å²) >= 11 is 0. The van der Waals surface area contributed by atoms with Crippen molar-refractivity contribution in [3.63, 3.8) is 0 Å². The van der Waals surface area contributed by atoms with Gasteiger partial charge in [0.05, 0.1) is 18.1 Å². The molecule has 6 heteroatoms. The van der Waals surface area contributed by atoms with Crippen molar-refractivity contribution in [3.05, 3.63) is 58.6 Å². The van der Waals surface area contributed by atoms with Crippen LogP contribution in [0.3, 0.4) is 0 Å². The zero-order chi connectivity index (χ0) is 15.1. The van der Waals surface area contributed by atoms with E-state index >= 15 is 0 Å². The number of non-ortho nitro benzene ring substituents is 1. The van der Waals surface area contributed by atoms with Crippen molar-refractivity contribution in [2.75, 3.05) is 18.9 Å². The van der Waals surface area contributed by atoms with Gasteiger partial charge in [0.25, 0.3) is 5.69 Å². The average Bonchev–Trinajstić information content (AvgIpc) is 2.49. The highest BCUT2D eigenvalue weighted by Crippen LogP contribution is 2.17. The molecule has 0 radical (unpaired) electrons. The number of anilines is 1. The van der Waals surface area contributed by atoms with Gasteiger partial charge in [0, 0.05) is 24.2 Å². The Bertz CT molecular complexity index is 582. The fourth-order valence-corrected chi connectivity index (χ4v) is 1.67. The normalized spacial score (nSPS) is 10.1. The molecule has 0 aliphatic heterocycles. The van der Waals surface area contributed by atoms with Crippen molar-refractivity contribution in [1.82, 2.24) is 0 Å². The molecule has 0 unspecified atom stereocenters. The van der Waals surface area contributed by atoms with E-state index < -0.39 is 4.92 Å². The molecule has 2 rings (SSSR count). The number of nitro groups is 1. The number of rotatable bonds is 7. The number of hydrogen-bond donors (Lipinski definition) is 1. The largest absolute Gasteiger partial charge is 0.493 e. The Morgan fingerprint density at radius 1 is 0.905 bits per heavy atom. The first-order valence-electron chi connectivity index (χ1n) is 6.51. The molecule has 0 fully saturated rings. The molecule has 0 atom stereocenters. The van der Waals surface area contributed by atoms with Crippen molar-refractivity contribution >= 4 is 11.4 Å². The second-order valence-corrected chi connectivity index (χ2v) is 4.37. The molecule has 0 heterocycles. The molecular weight excluding hydrogens is 272 g/mol. The fourth-order valence-electron chi connectivity index (χ4n) is 1.67. The van der Waals surface area contributed by atoms with Gasteiger partial charge in [-0.15, -0.1) is 0 Å². The van der Waals surface area contributed by atoms with Crippen LogP contribution in [0, 0.1) is 10.1 Å². The van der Waals surface area contributed by atoms with Gasteiger partial charge in [-0.1, -0.05) is 0 Å². The van der Waals surface area contributed by atoms with Crippen LogP contribution in [-0.2, 0) is 0 Å². The maximum atomic E-state index is 10.5. The molecule has 0 aliphatic carbocycles. The van der Waals surface area contributed by atoms with Crippen molar-refractivity contribution in [2.24, 2.45) is 0 Å². The topological polar surface area (TPSA) is 87.6 Å². The van der Waals surface area contributed by atoms with E-state index in [1.54, 1.807) is 24.3 Å². The predicted octanol–water partition coefficient (Wildman–Crippen LogP) is 3.02. The minimum Gasteiger partial charge on any atom is -0.493 e. The summed E-state index contributed by atoms with van der Waals surface area (Å²) in [5.74, 6) is 1.37. The number of hydrogen-bond acceptors (Lipinski definition) is 5. The van der Waals surface area contributed by atoms with Crippen LogP contribution in [-0.4, -0.2) is 18.1 Å². The van der Waals surface area contributed by atoms with Crippen LogP contribution in [0.2, 0.25) is 0 Å². The molecule has 0 saturated heterocycles. The van der Waals surface area contributed by atoms with Crippen LogP contribution in [0.5, 0.6) is 11.5 Å². The van der Waals surface area contributed by atoms with E-state index in [0.717, 1.165) is 5.75 Å². The molecule has 0 amide bonds. The Labute approximate surface area is 122 Å². The second kappa shape index (κ2) is 7.14. The molecular formula is C15H16N2O4. The zero-order valence-electron chi connectivity index (χ0n) is 11.4. The van der Waals surface area contributed by atoms with Gasteiger partial charge < -0.3 is 15.2 Å². The third-order valence-electron chi connectivity index (χ3n) is 2.75. The van der Waals surface area contributed by atoms with Crippen molar-refractivity contribution in [1.29, 1.82) is 0 Å². The van der Waals surface area contributed by atoms with E-state index in [1.165, 1.54) is 12.1 Å². The van der Waals surface area contributed by atoms with Gasteiger partial charge in [-0.05, 0) is 36.4 Å². The lowest BCUT2D eigenvalue weighted by Crippen LogP contribution is -2.05. The Morgan fingerprint density at radius 3 is 1.86 bits per heavy atom. The minimum atomic E-state index is -0.440. The Hall–Kier alpha value is -2.76. The van der Waals surface area contributed by atoms with Crippen LogP contribution in [0.15, 0.2) is 48.5 Å². The predicted molar refractivity (Wildman–Crippen MR) is 79.6 cm³/mol. The first-order chi connectivity index (χ1) is 10.1. The maximum Gasteiger partial charge on any atom is 0.269 e. The van der Waals surface area contributed by atoms with E-state index in [-0.39, 0.29) is 5.69 Å². The van der Waals surface area contributed by atoms with Gasteiger partial charge in [-0.25, -0.2) is 0 Å². The molecule has 0 saturated carbocycles. The van der Waals surface area contributed by atoms with E-state index in [1.807, 2.05) is 12.1 Å². The lowest BCUT2D eigenvalue weighted by Gasteiger charge is -2.08. The summed E-state index contributed by atoms with van der Waals surface area (Å²) < 4.78 is 11.0. The zero-order valence-corrected chi connectivity index (χ0v) is 11.4. The Kier molecular flexibility index (Phi) is 4.98. The van der Waals surface area contributed by atoms with E-state index in [0.29, 0.717) is 31.1 Å². The molecule has 0 aromatic heterocycles. The molecule has 2 aromatic carbocycles. The highest BCUT2D eigenvalue weighted by atomic mass is 16.6. The minimum absolute atomic E-state index is 0.0500. The summed E-state index contributed by atoms with van der Waals surface area (Å²) in [6.45, 7) is 1.00. The second-order valence-electron chi connectivity index (χ2n) is 4.37. The van der Waals surface area contributed by atoms with Crippen LogP contribution in [0.25, 0.3) is 0 Å². The Balaban J connectivity index is 1.67. The third-order valence-corrected chi connectivity index (χ3v) is 2.75. The lowest BCUT2D eigenvalue weighted by atomic mass is 10.3. The first kappa shape index (κ1) is 14.6. The Morgan fingerprint density at radius 2 is 1.38 bits per heavy atom. The fraction of sp³-hybridized carbons (Fsp3) is 0.200. The third kappa shape index (κ3) is 4.68. The van der Waals surface area contributed by atoms with Gasteiger partial charge in [-0.3, -0.25) is 10.1 Å². The molecule has 2 N–H and O–H groups in total. The lowest BCUT2D eigenvalue weighted by molar-refractivity contribution is -0.384. The summed E-state index contributed by atoms with van der Waals surface area (Å²) in [5, 5.41) is 10.5. The number of nitrogens with two attached hydrogens (primary N) is 1. The molecule has 6 nitrogen and oxygen atoms in total. The SMILES string of the molecule is Nc1ccc(OCCCOc2ccc([N+](=O)[O-])cc2)cc1. The van der Waals surface area contributed by atoms with Gasteiger partial charge in [-0.2, -0.15) is 0 Å². The highest BCUT2D eigenvalue weighted by molar-refractivity contribution is 5.41. The van der Waals surface area contributed by atoms with E-state index in [2.05, 4.69) is 0 Å². The van der Waals surface area contributed by atoms with Gasteiger partial charge in [0.2, 0.25) is 0 Å².